The van der Waals surface area contributed by atoms with Crippen LogP contribution in [0.5, 0.6) is 0 Å². The van der Waals surface area contributed by atoms with Crippen molar-refractivity contribution >= 4 is 35.1 Å². The van der Waals surface area contributed by atoms with E-state index in [-0.39, 0.29) is 42.7 Å². The molecule has 9 heteroatoms. The number of aromatic nitrogens is 2. The SMILES string of the molecule is CC(=O)NCCC(=O)NC(Cc1c[nH]cn1)C(=O)O.[AlH3]. The minimum absolute atomic E-state index is 0. The quantitative estimate of drug-likeness (QED) is 0.428. The molecule has 1 unspecified atom stereocenters. The summed E-state index contributed by atoms with van der Waals surface area (Å²) in [6.07, 6.45) is 3.14. The molecule has 1 aromatic heterocycles. The summed E-state index contributed by atoms with van der Waals surface area (Å²) >= 11 is 0. The number of hydrogen-bond donors (Lipinski definition) is 4. The summed E-state index contributed by atoms with van der Waals surface area (Å²) < 4.78 is 0. The van der Waals surface area contributed by atoms with E-state index in [0.29, 0.717) is 5.69 Å². The number of nitrogens with one attached hydrogen (secondary N) is 3. The molecule has 110 valence electrons. The molecular weight excluding hydrogens is 279 g/mol. The van der Waals surface area contributed by atoms with E-state index in [1.54, 1.807) is 6.20 Å². The Hall–Kier alpha value is -1.85. The zero-order valence-electron chi connectivity index (χ0n) is 10.5. The molecule has 0 saturated carbocycles. The van der Waals surface area contributed by atoms with Crippen LogP contribution in [0, 0.1) is 0 Å². The summed E-state index contributed by atoms with van der Waals surface area (Å²) in [4.78, 5) is 39.8. The van der Waals surface area contributed by atoms with E-state index in [1.807, 2.05) is 0 Å². The first-order valence-corrected chi connectivity index (χ1v) is 5.73. The summed E-state index contributed by atoms with van der Waals surface area (Å²) in [5.74, 6) is -1.80. The maximum atomic E-state index is 11.5. The predicted molar refractivity (Wildman–Crippen MR) is 75.1 cm³/mol. The number of nitrogens with zero attached hydrogens (tertiary/aromatic N) is 1. The van der Waals surface area contributed by atoms with Gasteiger partial charge in [0.1, 0.15) is 6.04 Å². The van der Waals surface area contributed by atoms with Gasteiger partial charge in [0.15, 0.2) is 17.4 Å². The highest BCUT2D eigenvalue weighted by Gasteiger charge is 2.20. The Kier molecular flexibility index (Phi) is 8.28. The van der Waals surface area contributed by atoms with Gasteiger partial charge in [0.25, 0.3) is 0 Å². The van der Waals surface area contributed by atoms with Crippen LogP contribution in [0.2, 0.25) is 0 Å². The van der Waals surface area contributed by atoms with E-state index < -0.39 is 17.9 Å². The fraction of sp³-hybridized carbons (Fsp3) is 0.455. The van der Waals surface area contributed by atoms with Crippen LogP contribution < -0.4 is 10.6 Å². The Balaban J connectivity index is 0.00000361. The lowest BCUT2D eigenvalue weighted by Gasteiger charge is -2.13. The molecule has 0 aromatic carbocycles. The molecule has 1 rings (SSSR count). The number of rotatable bonds is 7. The maximum absolute atomic E-state index is 11.5. The number of carbonyl (C=O) groups is 3. The minimum atomic E-state index is -1.13. The molecule has 8 nitrogen and oxygen atoms in total. The van der Waals surface area contributed by atoms with Crippen molar-refractivity contribution in [3.63, 3.8) is 0 Å². The molecule has 2 amide bonds. The van der Waals surface area contributed by atoms with Crippen LogP contribution in [0.25, 0.3) is 0 Å². The number of amides is 2. The Bertz CT molecular complexity index is 449. The lowest BCUT2D eigenvalue weighted by Crippen LogP contribution is -2.43. The van der Waals surface area contributed by atoms with Crippen molar-refractivity contribution in [3.05, 3.63) is 18.2 Å². The molecule has 1 aromatic rings. The summed E-state index contributed by atoms with van der Waals surface area (Å²) in [6.45, 7) is 1.52. The highest BCUT2D eigenvalue weighted by Crippen LogP contribution is 1.99. The van der Waals surface area contributed by atoms with E-state index in [1.165, 1.54) is 13.3 Å². The zero-order valence-corrected chi connectivity index (χ0v) is 10.5. The normalized spacial score (nSPS) is 11.1. The highest BCUT2D eigenvalue weighted by molar-refractivity contribution is 5.84. The standard InChI is InChI=1S/C11H16N4O4.Al.3H/c1-7(16)13-3-2-10(17)15-9(11(18)19)4-8-5-12-6-14-8;;;;/h5-6,9H,2-4H2,1H3,(H,12,14)(H,13,16)(H,15,17)(H,18,19);;;;. The smallest absolute Gasteiger partial charge is 0.326 e. The Labute approximate surface area is 126 Å². The lowest BCUT2D eigenvalue weighted by atomic mass is 10.1. The van der Waals surface area contributed by atoms with E-state index in [9.17, 15) is 14.4 Å². The molecular formula is C11H19AlN4O4. The Morgan fingerprint density at radius 2 is 2.15 bits per heavy atom. The number of aromatic amines is 1. The highest BCUT2D eigenvalue weighted by atomic mass is 27.0. The van der Waals surface area contributed by atoms with Crippen molar-refractivity contribution in [1.82, 2.24) is 20.6 Å². The molecule has 1 heterocycles. The number of carboxylic acid groups (broad SMARTS) is 1. The molecule has 0 aliphatic carbocycles. The number of carbonyl (C=O) groups excluding carboxylic acids is 2. The first-order chi connectivity index (χ1) is 8.99. The lowest BCUT2D eigenvalue weighted by molar-refractivity contribution is -0.141. The average molecular weight is 298 g/mol. The van der Waals surface area contributed by atoms with E-state index in [0.717, 1.165) is 0 Å². The third-order valence-electron chi connectivity index (χ3n) is 2.33. The molecule has 20 heavy (non-hydrogen) atoms. The van der Waals surface area contributed by atoms with Crippen LogP contribution in [-0.4, -0.2) is 62.8 Å². The molecule has 0 spiro atoms. The van der Waals surface area contributed by atoms with Gasteiger partial charge in [-0.1, -0.05) is 0 Å². The second-order valence-electron chi connectivity index (χ2n) is 3.96. The number of H-pyrrole nitrogens is 1. The van der Waals surface area contributed by atoms with Gasteiger partial charge in [0.2, 0.25) is 11.8 Å². The van der Waals surface area contributed by atoms with Crippen LogP contribution in [0.3, 0.4) is 0 Å². The predicted octanol–water partition coefficient (Wildman–Crippen LogP) is -2.14. The van der Waals surface area contributed by atoms with Crippen molar-refractivity contribution in [2.45, 2.75) is 25.8 Å². The van der Waals surface area contributed by atoms with Gasteiger partial charge in [0.05, 0.1) is 12.0 Å². The molecule has 4 N–H and O–H groups in total. The Morgan fingerprint density at radius 1 is 1.45 bits per heavy atom. The van der Waals surface area contributed by atoms with Gasteiger partial charge in [0, 0.05) is 32.5 Å². The fourth-order valence-corrected chi connectivity index (χ4v) is 1.43. The van der Waals surface area contributed by atoms with Gasteiger partial charge >= 0.3 is 5.97 Å². The molecule has 0 radical (unpaired) electrons. The van der Waals surface area contributed by atoms with Gasteiger partial charge in [-0.3, -0.25) is 9.59 Å². The molecule has 0 bridgehead atoms. The average Bonchev–Trinajstić information content (AvgIpc) is 2.80. The summed E-state index contributed by atoms with van der Waals surface area (Å²) in [5.41, 5.74) is 0.551. The third kappa shape index (κ3) is 6.92. The van der Waals surface area contributed by atoms with Crippen molar-refractivity contribution < 1.29 is 19.5 Å². The van der Waals surface area contributed by atoms with Crippen molar-refractivity contribution in [1.29, 1.82) is 0 Å². The van der Waals surface area contributed by atoms with Gasteiger partial charge in [-0.05, 0) is 0 Å². The largest absolute Gasteiger partial charge is 0.480 e. The first-order valence-electron chi connectivity index (χ1n) is 5.73. The molecule has 0 aliphatic rings. The molecule has 1 atom stereocenters. The van der Waals surface area contributed by atoms with Gasteiger partial charge in [-0.25, -0.2) is 9.78 Å². The summed E-state index contributed by atoms with van der Waals surface area (Å²) in [5, 5.41) is 13.9. The number of hydrogen-bond acceptors (Lipinski definition) is 4. The zero-order chi connectivity index (χ0) is 14.3. The maximum Gasteiger partial charge on any atom is 0.326 e. The van der Waals surface area contributed by atoms with Gasteiger partial charge in [-0.2, -0.15) is 0 Å². The van der Waals surface area contributed by atoms with Gasteiger partial charge in [-0.15, -0.1) is 0 Å². The molecule has 0 saturated heterocycles. The van der Waals surface area contributed by atoms with E-state index in [2.05, 4.69) is 20.6 Å². The summed E-state index contributed by atoms with van der Waals surface area (Å²) in [6, 6.07) is -1.03. The third-order valence-corrected chi connectivity index (χ3v) is 2.33. The minimum Gasteiger partial charge on any atom is -0.480 e. The second-order valence-corrected chi connectivity index (χ2v) is 3.96. The van der Waals surface area contributed by atoms with E-state index in [4.69, 9.17) is 5.11 Å². The van der Waals surface area contributed by atoms with Crippen LogP contribution in [0.4, 0.5) is 0 Å². The second kappa shape index (κ2) is 9.12. The molecule has 0 fully saturated rings. The van der Waals surface area contributed by atoms with Crippen molar-refractivity contribution in [2.24, 2.45) is 0 Å². The van der Waals surface area contributed by atoms with Crippen LogP contribution in [0.15, 0.2) is 12.5 Å². The van der Waals surface area contributed by atoms with Crippen LogP contribution >= 0.6 is 0 Å². The fourth-order valence-electron chi connectivity index (χ4n) is 1.43. The Morgan fingerprint density at radius 3 is 2.65 bits per heavy atom. The van der Waals surface area contributed by atoms with Gasteiger partial charge < -0.3 is 20.7 Å². The van der Waals surface area contributed by atoms with Crippen LogP contribution in [-0.2, 0) is 20.8 Å². The number of carboxylic acids is 1. The topological polar surface area (TPSA) is 124 Å². The van der Waals surface area contributed by atoms with Crippen LogP contribution in [0.1, 0.15) is 19.0 Å². The van der Waals surface area contributed by atoms with Crippen molar-refractivity contribution in [2.75, 3.05) is 6.54 Å². The molecule has 0 aliphatic heterocycles. The monoisotopic (exact) mass is 298 g/mol. The van der Waals surface area contributed by atoms with E-state index >= 15 is 0 Å². The number of aliphatic carboxylic acids is 1. The summed E-state index contributed by atoms with van der Waals surface area (Å²) in [7, 11) is 0. The van der Waals surface area contributed by atoms with Crippen molar-refractivity contribution in [3.8, 4) is 0 Å². The number of imidazole rings is 1. The first kappa shape index (κ1) is 18.2.